The Morgan fingerprint density at radius 2 is 2.15 bits per heavy atom. The Morgan fingerprint density at radius 1 is 1.42 bits per heavy atom. The van der Waals surface area contributed by atoms with Gasteiger partial charge in [0.25, 0.3) is 5.91 Å². The summed E-state index contributed by atoms with van der Waals surface area (Å²) in [5.41, 5.74) is 3.27. The third-order valence-electron chi connectivity index (χ3n) is 4.55. The molecule has 1 aliphatic carbocycles. The summed E-state index contributed by atoms with van der Waals surface area (Å²) >= 11 is 6.24. The number of carbonyl (C=O) groups is 2. The molecule has 1 aromatic heterocycles. The van der Waals surface area contributed by atoms with Crippen LogP contribution in [0, 0.1) is 12.8 Å². The topological polar surface area (TPSA) is 84.2 Å². The predicted octanol–water partition coefficient (Wildman–Crippen LogP) is 3.55. The highest BCUT2D eigenvalue weighted by Crippen LogP contribution is 2.42. The van der Waals surface area contributed by atoms with Gasteiger partial charge in [0, 0.05) is 23.9 Å². The van der Waals surface area contributed by atoms with Crippen molar-refractivity contribution in [2.75, 3.05) is 6.54 Å². The molecule has 0 saturated heterocycles. The highest BCUT2D eigenvalue weighted by atomic mass is 35.5. The van der Waals surface area contributed by atoms with Gasteiger partial charge in [0.05, 0.1) is 23.1 Å². The zero-order chi connectivity index (χ0) is 18.8. The molecule has 6 nitrogen and oxygen atoms in total. The van der Waals surface area contributed by atoms with Gasteiger partial charge >= 0.3 is 5.97 Å². The lowest BCUT2D eigenvalue weighted by Crippen LogP contribution is -2.29. The van der Waals surface area contributed by atoms with Crippen LogP contribution in [0.15, 0.2) is 24.4 Å². The Labute approximate surface area is 157 Å². The molecule has 0 aliphatic heterocycles. The number of benzene rings is 1. The van der Waals surface area contributed by atoms with E-state index < -0.39 is 5.97 Å². The molecule has 0 bridgehead atoms. The van der Waals surface area contributed by atoms with Gasteiger partial charge in [-0.2, -0.15) is 5.10 Å². The van der Waals surface area contributed by atoms with Gasteiger partial charge in [-0.15, -0.1) is 0 Å². The van der Waals surface area contributed by atoms with Crippen molar-refractivity contribution in [3.8, 4) is 5.69 Å². The predicted molar refractivity (Wildman–Crippen MR) is 99.0 cm³/mol. The number of nitrogens with one attached hydrogen (secondary N) is 1. The molecule has 1 fully saturated rings. The highest BCUT2D eigenvalue weighted by molar-refractivity contribution is 6.31. The van der Waals surface area contributed by atoms with Gasteiger partial charge < -0.3 is 10.4 Å². The van der Waals surface area contributed by atoms with Gasteiger partial charge in [-0.05, 0) is 43.4 Å². The van der Waals surface area contributed by atoms with Crippen LogP contribution in [0.5, 0.6) is 0 Å². The first-order valence-corrected chi connectivity index (χ1v) is 9.09. The van der Waals surface area contributed by atoms with Gasteiger partial charge in [-0.3, -0.25) is 9.59 Å². The second-order valence-corrected chi connectivity index (χ2v) is 7.38. The van der Waals surface area contributed by atoms with Crippen LogP contribution in [0.1, 0.15) is 53.7 Å². The van der Waals surface area contributed by atoms with E-state index in [1.54, 1.807) is 17.8 Å². The molecular weight excluding hydrogens is 354 g/mol. The van der Waals surface area contributed by atoms with Crippen LogP contribution >= 0.6 is 11.6 Å². The summed E-state index contributed by atoms with van der Waals surface area (Å²) in [5.74, 6) is -0.898. The number of carboxylic acid groups (broad SMARTS) is 1. The fraction of sp³-hybridized carbons (Fsp3) is 0.421. The highest BCUT2D eigenvalue weighted by Gasteiger charge is 2.33. The van der Waals surface area contributed by atoms with Crippen molar-refractivity contribution in [2.24, 2.45) is 5.92 Å². The smallest absolute Gasteiger partial charge is 0.303 e. The van der Waals surface area contributed by atoms with Crippen LogP contribution in [-0.2, 0) is 4.79 Å². The summed E-state index contributed by atoms with van der Waals surface area (Å²) in [6, 6.07) is 5.73. The average Bonchev–Trinajstić information content (AvgIpc) is 3.33. The van der Waals surface area contributed by atoms with Crippen molar-refractivity contribution in [2.45, 2.75) is 39.0 Å². The van der Waals surface area contributed by atoms with E-state index in [0.717, 1.165) is 29.8 Å². The van der Waals surface area contributed by atoms with Crippen LogP contribution in [0.3, 0.4) is 0 Å². The SMILES string of the molecule is Cc1ccc(-n2ncc(C(=O)NCC(C)CC(=O)O)c2C2CC2)cc1Cl. The summed E-state index contributed by atoms with van der Waals surface area (Å²) in [5, 5.41) is 16.7. The fourth-order valence-corrected chi connectivity index (χ4v) is 3.11. The molecular formula is C19H22ClN3O3. The number of nitrogens with zero attached hydrogens (tertiary/aromatic N) is 2. The number of amides is 1. The molecule has 0 spiro atoms. The van der Waals surface area contributed by atoms with E-state index in [4.69, 9.17) is 16.7 Å². The molecule has 2 aromatic rings. The van der Waals surface area contributed by atoms with Gasteiger partial charge in [-0.25, -0.2) is 4.68 Å². The van der Waals surface area contributed by atoms with Crippen LogP contribution in [0.4, 0.5) is 0 Å². The number of carbonyl (C=O) groups excluding carboxylic acids is 1. The third kappa shape index (κ3) is 4.07. The summed E-state index contributed by atoms with van der Waals surface area (Å²) < 4.78 is 1.79. The van der Waals surface area contributed by atoms with Crippen molar-refractivity contribution in [3.05, 3.63) is 46.2 Å². The standard InChI is InChI=1S/C19H22ClN3O3/c1-11(7-17(24)25)9-21-19(26)15-10-22-23(18(15)13-4-5-13)14-6-3-12(2)16(20)8-14/h3,6,8,10-11,13H,4-5,7,9H2,1-2H3,(H,21,26)(H,24,25). The molecule has 2 N–H and O–H groups in total. The molecule has 7 heteroatoms. The molecule has 1 aromatic carbocycles. The number of halogens is 1. The molecule has 1 amide bonds. The minimum absolute atomic E-state index is 0.0247. The lowest BCUT2D eigenvalue weighted by atomic mass is 10.1. The third-order valence-corrected chi connectivity index (χ3v) is 4.96. The van der Waals surface area contributed by atoms with Crippen LogP contribution in [0.25, 0.3) is 5.69 Å². The number of aliphatic carboxylic acids is 1. The van der Waals surface area contributed by atoms with Gasteiger partial charge in [0.2, 0.25) is 0 Å². The Kier molecular flexibility index (Phi) is 5.32. The minimum Gasteiger partial charge on any atom is -0.481 e. The van der Waals surface area contributed by atoms with E-state index in [9.17, 15) is 9.59 Å². The molecule has 1 heterocycles. The second-order valence-electron chi connectivity index (χ2n) is 6.98. The molecule has 1 saturated carbocycles. The van der Waals surface area contributed by atoms with E-state index >= 15 is 0 Å². The maximum atomic E-state index is 12.6. The molecule has 26 heavy (non-hydrogen) atoms. The van der Waals surface area contributed by atoms with E-state index in [2.05, 4.69) is 10.4 Å². The first kappa shape index (κ1) is 18.5. The van der Waals surface area contributed by atoms with E-state index in [0.29, 0.717) is 23.0 Å². The number of hydrogen-bond donors (Lipinski definition) is 2. The molecule has 1 atom stereocenters. The van der Waals surface area contributed by atoms with Crippen molar-refractivity contribution in [1.29, 1.82) is 0 Å². The average molecular weight is 376 g/mol. The number of carboxylic acids is 1. The zero-order valence-electron chi connectivity index (χ0n) is 14.8. The molecule has 3 rings (SSSR count). The number of aromatic nitrogens is 2. The Balaban J connectivity index is 1.82. The first-order valence-electron chi connectivity index (χ1n) is 8.71. The molecule has 0 radical (unpaired) electrons. The maximum absolute atomic E-state index is 12.6. The zero-order valence-corrected chi connectivity index (χ0v) is 15.6. The summed E-state index contributed by atoms with van der Waals surface area (Å²) in [6.07, 6.45) is 3.66. The number of aryl methyl sites for hydroxylation is 1. The molecule has 138 valence electrons. The summed E-state index contributed by atoms with van der Waals surface area (Å²) in [4.78, 5) is 23.4. The van der Waals surface area contributed by atoms with Crippen molar-refractivity contribution in [1.82, 2.24) is 15.1 Å². The first-order chi connectivity index (χ1) is 12.4. The fourth-order valence-electron chi connectivity index (χ4n) is 2.93. The Hall–Kier alpha value is -2.34. The molecule has 1 aliphatic rings. The van der Waals surface area contributed by atoms with Crippen molar-refractivity contribution >= 4 is 23.5 Å². The van der Waals surface area contributed by atoms with Crippen LogP contribution in [-0.4, -0.2) is 33.3 Å². The van der Waals surface area contributed by atoms with E-state index in [-0.39, 0.29) is 18.2 Å². The largest absolute Gasteiger partial charge is 0.481 e. The normalized spacial score (nSPS) is 14.9. The van der Waals surface area contributed by atoms with Gasteiger partial charge in [0.15, 0.2) is 0 Å². The molecule has 1 unspecified atom stereocenters. The quantitative estimate of drug-likeness (QED) is 0.775. The van der Waals surface area contributed by atoms with Crippen LogP contribution < -0.4 is 5.32 Å². The Bertz CT molecular complexity index is 843. The summed E-state index contributed by atoms with van der Waals surface area (Å²) in [7, 11) is 0. The summed E-state index contributed by atoms with van der Waals surface area (Å²) in [6.45, 7) is 4.05. The van der Waals surface area contributed by atoms with E-state index in [1.807, 2.05) is 25.1 Å². The maximum Gasteiger partial charge on any atom is 0.303 e. The monoisotopic (exact) mass is 375 g/mol. The van der Waals surface area contributed by atoms with Gasteiger partial charge in [0.1, 0.15) is 0 Å². The van der Waals surface area contributed by atoms with E-state index in [1.165, 1.54) is 0 Å². The number of hydrogen-bond acceptors (Lipinski definition) is 3. The lowest BCUT2D eigenvalue weighted by molar-refractivity contribution is -0.137. The number of rotatable bonds is 7. The lowest BCUT2D eigenvalue weighted by Gasteiger charge is -2.12. The Morgan fingerprint density at radius 3 is 2.77 bits per heavy atom. The van der Waals surface area contributed by atoms with Crippen molar-refractivity contribution < 1.29 is 14.7 Å². The van der Waals surface area contributed by atoms with Crippen LogP contribution in [0.2, 0.25) is 5.02 Å². The van der Waals surface area contributed by atoms with Crippen molar-refractivity contribution in [3.63, 3.8) is 0 Å². The minimum atomic E-state index is -0.866. The van der Waals surface area contributed by atoms with Gasteiger partial charge in [-0.1, -0.05) is 24.6 Å². The second kappa shape index (κ2) is 7.50.